The zero-order chi connectivity index (χ0) is 23.8. The fourth-order valence-corrected chi connectivity index (χ4v) is 4.69. The summed E-state index contributed by atoms with van der Waals surface area (Å²) in [6.45, 7) is 0.541. The summed E-state index contributed by atoms with van der Waals surface area (Å²) in [5, 5.41) is 4.52. The van der Waals surface area contributed by atoms with Crippen LogP contribution < -0.4 is 10.2 Å². The number of amides is 2. The molecule has 4 aromatic rings. The lowest BCUT2D eigenvalue weighted by molar-refractivity contribution is -0.122. The number of carbonyl (C=O) groups excluding carboxylic acids is 2. The van der Waals surface area contributed by atoms with Crippen molar-refractivity contribution in [2.24, 2.45) is 0 Å². The van der Waals surface area contributed by atoms with Crippen LogP contribution in [0.4, 0.5) is 5.69 Å². The summed E-state index contributed by atoms with van der Waals surface area (Å²) < 4.78 is 2.05. The number of hydrogen-bond donors (Lipinski definition) is 1. The van der Waals surface area contributed by atoms with Crippen molar-refractivity contribution in [3.05, 3.63) is 106 Å². The quantitative estimate of drug-likeness (QED) is 0.215. The van der Waals surface area contributed by atoms with Crippen LogP contribution in [0, 0.1) is 0 Å². The van der Waals surface area contributed by atoms with Gasteiger partial charge in [-0.2, -0.15) is 0 Å². The Labute approximate surface area is 211 Å². The summed E-state index contributed by atoms with van der Waals surface area (Å²) in [4.78, 5) is 27.4. The molecule has 0 radical (unpaired) electrons. The van der Waals surface area contributed by atoms with E-state index in [9.17, 15) is 9.59 Å². The molecule has 0 atom stereocenters. The van der Waals surface area contributed by atoms with Gasteiger partial charge in [0.25, 0.3) is 11.8 Å². The lowest BCUT2D eigenvalue weighted by Gasteiger charge is -2.29. The van der Waals surface area contributed by atoms with Gasteiger partial charge < -0.3 is 4.57 Å². The van der Waals surface area contributed by atoms with Crippen LogP contribution in [0.1, 0.15) is 11.1 Å². The normalized spacial score (nSPS) is 15.3. The number of halogens is 2. The number of benzene rings is 3. The van der Waals surface area contributed by atoms with Gasteiger partial charge in [0, 0.05) is 34.2 Å². The molecule has 0 unspecified atom stereocenters. The van der Waals surface area contributed by atoms with E-state index in [0.717, 1.165) is 22.0 Å². The number of nitrogens with one attached hydrogen (secondary N) is 1. The molecule has 1 fully saturated rings. The largest absolute Gasteiger partial charge is 0.342 e. The Morgan fingerprint density at radius 1 is 0.882 bits per heavy atom. The molecule has 1 saturated heterocycles. The highest BCUT2D eigenvalue weighted by atomic mass is 35.5. The molecule has 1 N–H and O–H groups in total. The number of fused-ring (bicyclic) bond motifs is 1. The van der Waals surface area contributed by atoms with Crippen LogP contribution in [-0.4, -0.2) is 21.5 Å². The van der Waals surface area contributed by atoms with Gasteiger partial charge in [-0.15, -0.1) is 0 Å². The molecule has 5 rings (SSSR count). The number of hydrogen-bond acceptors (Lipinski definition) is 3. The molecule has 2 heterocycles. The average Bonchev–Trinajstić information content (AvgIpc) is 3.16. The summed E-state index contributed by atoms with van der Waals surface area (Å²) in [5.74, 6) is -1.09. The van der Waals surface area contributed by atoms with E-state index in [-0.39, 0.29) is 10.7 Å². The number of rotatable bonds is 4. The highest BCUT2D eigenvalue weighted by Crippen LogP contribution is 2.31. The molecular formula is C26H17Cl2N3O2S. The van der Waals surface area contributed by atoms with Gasteiger partial charge in [-0.1, -0.05) is 71.7 Å². The Morgan fingerprint density at radius 2 is 1.56 bits per heavy atom. The molecule has 1 aliphatic rings. The Hall–Kier alpha value is -3.45. The Balaban J connectivity index is 1.59. The van der Waals surface area contributed by atoms with Crippen LogP contribution in [0.25, 0.3) is 17.0 Å². The molecule has 2 amide bonds. The average molecular weight is 506 g/mol. The van der Waals surface area contributed by atoms with Crippen molar-refractivity contribution in [3.63, 3.8) is 0 Å². The van der Waals surface area contributed by atoms with Crippen molar-refractivity contribution in [2.75, 3.05) is 4.90 Å². The molecule has 1 aliphatic heterocycles. The summed E-state index contributed by atoms with van der Waals surface area (Å²) in [6.07, 6.45) is 3.50. The molecule has 168 valence electrons. The SMILES string of the molecule is O=C1NC(=S)N(c2ccccc2Cl)C(=O)/C1=C/c1cn(Cc2ccccc2Cl)c2ccccc12. The van der Waals surface area contributed by atoms with Crippen molar-refractivity contribution in [1.29, 1.82) is 0 Å². The van der Waals surface area contributed by atoms with Gasteiger partial charge in [-0.25, -0.2) is 0 Å². The second-order valence-electron chi connectivity index (χ2n) is 7.73. The zero-order valence-corrected chi connectivity index (χ0v) is 20.0. The molecular weight excluding hydrogens is 489 g/mol. The third kappa shape index (κ3) is 4.01. The lowest BCUT2D eigenvalue weighted by atomic mass is 10.1. The minimum Gasteiger partial charge on any atom is -0.342 e. The zero-order valence-electron chi connectivity index (χ0n) is 17.7. The van der Waals surface area contributed by atoms with E-state index < -0.39 is 11.8 Å². The maximum Gasteiger partial charge on any atom is 0.270 e. The summed E-state index contributed by atoms with van der Waals surface area (Å²) in [5.41, 5.74) is 3.02. The van der Waals surface area contributed by atoms with Gasteiger partial charge in [-0.05, 0) is 48.1 Å². The van der Waals surface area contributed by atoms with Gasteiger partial charge in [0.1, 0.15) is 5.57 Å². The maximum atomic E-state index is 13.4. The minimum absolute atomic E-state index is 0.0126. The summed E-state index contributed by atoms with van der Waals surface area (Å²) in [6, 6.07) is 22.3. The Kier molecular flexibility index (Phi) is 5.96. The highest BCUT2D eigenvalue weighted by molar-refractivity contribution is 7.80. The lowest BCUT2D eigenvalue weighted by Crippen LogP contribution is -2.54. The Morgan fingerprint density at radius 3 is 2.32 bits per heavy atom. The predicted octanol–water partition coefficient (Wildman–Crippen LogP) is 5.83. The third-order valence-electron chi connectivity index (χ3n) is 5.61. The summed E-state index contributed by atoms with van der Waals surface area (Å²) >= 11 is 18.0. The Bertz CT molecular complexity index is 1510. The number of carbonyl (C=O) groups is 2. The number of nitrogens with zero attached hydrogens (tertiary/aromatic N) is 2. The second kappa shape index (κ2) is 9.06. The standard InChI is InChI=1S/C26H17Cl2N3O2S/c27-20-9-3-1-7-16(20)14-30-15-17(18-8-2-5-11-22(18)30)13-19-24(32)29-26(34)31(25(19)33)23-12-6-4-10-21(23)28/h1-13,15H,14H2,(H,29,32,34)/b19-13+. The van der Waals surface area contributed by atoms with Gasteiger partial charge in [0.15, 0.2) is 5.11 Å². The van der Waals surface area contributed by atoms with Crippen molar-refractivity contribution in [1.82, 2.24) is 9.88 Å². The summed E-state index contributed by atoms with van der Waals surface area (Å²) in [7, 11) is 0. The van der Waals surface area contributed by atoms with E-state index >= 15 is 0 Å². The molecule has 0 bridgehead atoms. The van der Waals surface area contributed by atoms with Crippen molar-refractivity contribution in [3.8, 4) is 0 Å². The monoisotopic (exact) mass is 505 g/mol. The fourth-order valence-electron chi connectivity index (χ4n) is 4.00. The molecule has 8 heteroatoms. The first-order valence-corrected chi connectivity index (χ1v) is 11.6. The topological polar surface area (TPSA) is 54.3 Å². The number of para-hydroxylation sites is 2. The van der Waals surface area contributed by atoms with E-state index in [2.05, 4.69) is 5.32 Å². The van der Waals surface area contributed by atoms with Crippen LogP contribution in [0.15, 0.2) is 84.6 Å². The predicted molar refractivity (Wildman–Crippen MR) is 140 cm³/mol. The highest BCUT2D eigenvalue weighted by Gasteiger charge is 2.35. The fraction of sp³-hybridized carbons (Fsp3) is 0.0385. The number of thiocarbonyl (C=S) groups is 1. The first kappa shape index (κ1) is 22.3. The van der Waals surface area contributed by atoms with E-state index in [1.54, 1.807) is 30.3 Å². The van der Waals surface area contributed by atoms with Crippen molar-refractivity contribution < 1.29 is 9.59 Å². The van der Waals surface area contributed by atoms with E-state index in [1.807, 2.05) is 59.3 Å². The van der Waals surface area contributed by atoms with Gasteiger partial charge in [-0.3, -0.25) is 19.8 Å². The molecule has 3 aromatic carbocycles. The van der Waals surface area contributed by atoms with Crippen molar-refractivity contribution >= 4 is 75.0 Å². The minimum atomic E-state index is -0.554. The van der Waals surface area contributed by atoms with Crippen molar-refractivity contribution in [2.45, 2.75) is 6.54 Å². The molecule has 1 aromatic heterocycles. The van der Waals surface area contributed by atoms with Crippen LogP contribution in [0.3, 0.4) is 0 Å². The maximum absolute atomic E-state index is 13.4. The first-order chi connectivity index (χ1) is 16.4. The van der Waals surface area contributed by atoms with Gasteiger partial charge in [0.05, 0.1) is 10.7 Å². The van der Waals surface area contributed by atoms with Gasteiger partial charge >= 0.3 is 0 Å². The van der Waals surface area contributed by atoms with Crippen LogP contribution in [0.2, 0.25) is 10.0 Å². The smallest absolute Gasteiger partial charge is 0.270 e. The molecule has 5 nitrogen and oxygen atoms in total. The first-order valence-electron chi connectivity index (χ1n) is 10.4. The molecule has 0 aliphatic carbocycles. The van der Waals surface area contributed by atoms with Crippen LogP contribution in [0.5, 0.6) is 0 Å². The van der Waals surface area contributed by atoms with Crippen LogP contribution >= 0.6 is 35.4 Å². The van der Waals surface area contributed by atoms with E-state index in [0.29, 0.717) is 22.3 Å². The van der Waals surface area contributed by atoms with E-state index in [4.69, 9.17) is 35.4 Å². The molecule has 0 saturated carbocycles. The molecule has 34 heavy (non-hydrogen) atoms. The number of aromatic nitrogens is 1. The number of anilines is 1. The van der Waals surface area contributed by atoms with Gasteiger partial charge in [0.2, 0.25) is 0 Å². The van der Waals surface area contributed by atoms with E-state index in [1.165, 1.54) is 4.90 Å². The van der Waals surface area contributed by atoms with Crippen LogP contribution in [-0.2, 0) is 16.1 Å². The molecule has 0 spiro atoms. The second-order valence-corrected chi connectivity index (χ2v) is 8.93. The third-order valence-corrected chi connectivity index (χ3v) is 6.59.